The molecule has 0 saturated carbocycles. The molecule has 1 N–H and O–H groups in total. The standard InChI is InChI=1S/C12H16N2O5/c1-4-7-8(11(16)18-5-2)14-9(10(15)13-7)12(17)19-6-3/h4-6H2,1-3H3,(H,13,15). The molecule has 0 aromatic carbocycles. The van der Waals surface area contributed by atoms with E-state index in [1.807, 2.05) is 0 Å². The zero-order chi connectivity index (χ0) is 14.4. The van der Waals surface area contributed by atoms with E-state index in [1.165, 1.54) is 0 Å². The molecule has 0 atom stereocenters. The average Bonchev–Trinajstić information content (AvgIpc) is 2.38. The molecule has 0 saturated heterocycles. The Morgan fingerprint density at radius 2 is 1.58 bits per heavy atom. The van der Waals surface area contributed by atoms with Gasteiger partial charge in [0.2, 0.25) is 5.69 Å². The normalized spacial score (nSPS) is 10.1. The molecule has 0 bridgehead atoms. The Hall–Kier alpha value is -2.18. The van der Waals surface area contributed by atoms with Crippen LogP contribution in [0.25, 0.3) is 0 Å². The zero-order valence-corrected chi connectivity index (χ0v) is 11.1. The van der Waals surface area contributed by atoms with E-state index in [2.05, 4.69) is 9.97 Å². The van der Waals surface area contributed by atoms with Gasteiger partial charge in [-0.2, -0.15) is 0 Å². The highest BCUT2D eigenvalue weighted by Crippen LogP contribution is 2.05. The van der Waals surface area contributed by atoms with E-state index in [4.69, 9.17) is 9.47 Å². The van der Waals surface area contributed by atoms with E-state index in [9.17, 15) is 14.4 Å². The molecule has 1 heterocycles. The third kappa shape index (κ3) is 3.40. The van der Waals surface area contributed by atoms with Crippen molar-refractivity contribution in [3.63, 3.8) is 0 Å². The minimum atomic E-state index is -0.864. The number of aromatic amines is 1. The fraction of sp³-hybridized carbons (Fsp3) is 0.500. The summed E-state index contributed by atoms with van der Waals surface area (Å²) in [4.78, 5) is 41.2. The second kappa shape index (κ2) is 6.67. The lowest BCUT2D eigenvalue weighted by molar-refractivity contribution is 0.0508. The molecule has 0 unspecified atom stereocenters. The van der Waals surface area contributed by atoms with E-state index >= 15 is 0 Å². The number of hydrogen-bond acceptors (Lipinski definition) is 6. The van der Waals surface area contributed by atoms with Gasteiger partial charge in [0.25, 0.3) is 5.56 Å². The minimum absolute atomic E-state index is 0.0630. The topological polar surface area (TPSA) is 98.3 Å². The highest BCUT2D eigenvalue weighted by molar-refractivity contribution is 5.91. The van der Waals surface area contributed by atoms with Crippen LogP contribution < -0.4 is 5.56 Å². The van der Waals surface area contributed by atoms with Crippen molar-refractivity contribution in [2.24, 2.45) is 0 Å². The summed E-state index contributed by atoms with van der Waals surface area (Å²) >= 11 is 0. The first-order valence-corrected chi connectivity index (χ1v) is 6.02. The SMILES string of the molecule is CCOC(=O)c1nc(C(=O)OCC)c(=O)[nH]c1CC. The largest absolute Gasteiger partial charge is 0.461 e. The number of esters is 2. The average molecular weight is 268 g/mol. The van der Waals surface area contributed by atoms with Gasteiger partial charge in [0, 0.05) is 0 Å². The number of hydrogen-bond donors (Lipinski definition) is 1. The minimum Gasteiger partial charge on any atom is -0.461 e. The molecule has 0 radical (unpaired) electrons. The van der Waals surface area contributed by atoms with E-state index in [0.717, 1.165) is 0 Å². The smallest absolute Gasteiger partial charge is 0.362 e. The summed E-state index contributed by atoms with van der Waals surface area (Å²) in [7, 11) is 0. The molecule has 0 amide bonds. The maximum atomic E-state index is 11.7. The Balaban J connectivity index is 3.29. The second-order valence-electron chi connectivity index (χ2n) is 3.54. The number of H-pyrrole nitrogens is 1. The van der Waals surface area contributed by atoms with Crippen LogP contribution in [0.1, 0.15) is 47.4 Å². The van der Waals surface area contributed by atoms with Crippen LogP contribution in [-0.4, -0.2) is 35.1 Å². The Bertz CT molecular complexity index is 535. The van der Waals surface area contributed by atoms with Crippen molar-refractivity contribution in [3.05, 3.63) is 27.4 Å². The summed E-state index contributed by atoms with van der Waals surface area (Å²) < 4.78 is 9.53. The van der Waals surface area contributed by atoms with Crippen molar-refractivity contribution < 1.29 is 19.1 Å². The summed E-state index contributed by atoms with van der Waals surface area (Å²) in [5.41, 5.74) is -0.853. The quantitative estimate of drug-likeness (QED) is 0.789. The summed E-state index contributed by atoms with van der Waals surface area (Å²) in [5.74, 6) is -1.54. The van der Waals surface area contributed by atoms with Gasteiger partial charge in [0.15, 0.2) is 5.69 Å². The molecule has 19 heavy (non-hydrogen) atoms. The first kappa shape index (κ1) is 14.9. The van der Waals surface area contributed by atoms with Crippen LogP contribution in [0.3, 0.4) is 0 Å². The summed E-state index contributed by atoms with van der Waals surface area (Å²) in [6.45, 7) is 5.31. The van der Waals surface area contributed by atoms with Gasteiger partial charge >= 0.3 is 11.9 Å². The molecule has 0 aliphatic carbocycles. The van der Waals surface area contributed by atoms with E-state index < -0.39 is 23.2 Å². The van der Waals surface area contributed by atoms with Crippen LogP contribution in [0.15, 0.2) is 4.79 Å². The zero-order valence-electron chi connectivity index (χ0n) is 11.1. The van der Waals surface area contributed by atoms with Gasteiger partial charge in [-0.15, -0.1) is 0 Å². The molecule has 0 spiro atoms. The second-order valence-corrected chi connectivity index (χ2v) is 3.54. The molecule has 7 nitrogen and oxygen atoms in total. The van der Waals surface area contributed by atoms with Crippen LogP contribution in [0, 0.1) is 0 Å². The maximum absolute atomic E-state index is 11.7. The van der Waals surface area contributed by atoms with Crippen LogP contribution in [0.4, 0.5) is 0 Å². The van der Waals surface area contributed by atoms with E-state index in [0.29, 0.717) is 12.1 Å². The van der Waals surface area contributed by atoms with Crippen molar-refractivity contribution in [3.8, 4) is 0 Å². The summed E-state index contributed by atoms with van der Waals surface area (Å²) in [5, 5.41) is 0. The van der Waals surface area contributed by atoms with Crippen molar-refractivity contribution in [2.75, 3.05) is 13.2 Å². The lowest BCUT2D eigenvalue weighted by atomic mass is 10.2. The highest BCUT2D eigenvalue weighted by atomic mass is 16.5. The number of aryl methyl sites for hydroxylation is 1. The molecular weight excluding hydrogens is 252 g/mol. The fourth-order valence-corrected chi connectivity index (χ4v) is 1.45. The van der Waals surface area contributed by atoms with Crippen molar-refractivity contribution in [2.45, 2.75) is 27.2 Å². The Kier molecular flexibility index (Phi) is 5.23. The van der Waals surface area contributed by atoms with Gasteiger partial charge in [-0.25, -0.2) is 14.6 Å². The monoisotopic (exact) mass is 268 g/mol. The van der Waals surface area contributed by atoms with Gasteiger partial charge in [0.1, 0.15) is 0 Å². The first-order valence-electron chi connectivity index (χ1n) is 6.02. The van der Waals surface area contributed by atoms with E-state index in [-0.39, 0.29) is 18.9 Å². The fourth-order valence-electron chi connectivity index (χ4n) is 1.45. The number of nitrogens with one attached hydrogen (secondary N) is 1. The molecule has 1 aromatic rings. The molecule has 0 fully saturated rings. The van der Waals surface area contributed by atoms with Crippen LogP contribution >= 0.6 is 0 Å². The Morgan fingerprint density at radius 1 is 1.05 bits per heavy atom. The molecule has 0 aliphatic heterocycles. The van der Waals surface area contributed by atoms with Gasteiger partial charge in [0.05, 0.1) is 18.9 Å². The van der Waals surface area contributed by atoms with Crippen molar-refractivity contribution >= 4 is 11.9 Å². The molecule has 1 aromatic heterocycles. The Labute approximate surface area is 110 Å². The number of rotatable bonds is 5. The molecule has 7 heteroatoms. The predicted molar refractivity (Wildman–Crippen MR) is 66.1 cm³/mol. The first-order chi connectivity index (χ1) is 9.04. The van der Waals surface area contributed by atoms with Crippen LogP contribution in [-0.2, 0) is 15.9 Å². The van der Waals surface area contributed by atoms with Gasteiger partial charge in [-0.05, 0) is 20.3 Å². The summed E-state index contributed by atoms with van der Waals surface area (Å²) in [6.07, 6.45) is 0.388. The molecular formula is C12H16N2O5. The lowest BCUT2D eigenvalue weighted by Crippen LogP contribution is -2.27. The third-order valence-electron chi connectivity index (χ3n) is 2.28. The number of nitrogens with zero attached hydrogens (tertiary/aromatic N) is 1. The third-order valence-corrected chi connectivity index (χ3v) is 2.28. The number of ether oxygens (including phenoxy) is 2. The number of carbonyl (C=O) groups is 2. The predicted octanol–water partition coefficient (Wildman–Crippen LogP) is 0.686. The van der Waals surface area contributed by atoms with Crippen LogP contribution in [0.2, 0.25) is 0 Å². The maximum Gasteiger partial charge on any atom is 0.362 e. The number of carbonyl (C=O) groups excluding carboxylic acids is 2. The lowest BCUT2D eigenvalue weighted by Gasteiger charge is -2.08. The van der Waals surface area contributed by atoms with E-state index in [1.54, 1.807) is 20.8 Å². The van der Waals surface area contributed by atoms with Gasteiger partial charge < -0.3 is 14.5 Å². The molecule has 1 rings (SSSR count). The number of aromatic nitrogens is 2. The highest BCUT2D eigenvalue weighted by Gasteiger charge is 2.21. The molecule has 0 aliphatic rings. The van der Waals surface area contributed by atoms with Gasteiger partial charge in [-0.3, -0.25) is 4.79 Å². The van der Waals surface area contributed by atoms with Crippen LogP contribution in [0.5, 0.6) is 0 Å². The van der Waals surface area contributed by atoms with Crippen molar-refractivity contribution in [1.29, 1.82) is 0 Å². The van der Waals surface area contributed by atoms with Gasteiger partial charge in [-0.1, -0.05) is 6.92 Å². The Morgan fingerprint density at radius 3 is 2.05 bits per heavy atom. The van der Waals surface area contributed by atoms with Crippen molar-refractivity contribution in [1.82, 2.24) is 9.97 Å². The summed E-state index contributed by atoms with van der Waals surface area (Å²) in [6, 6.07) is 0. The molecule has 104 valence electrons.